The van der Waals surface area contributed by atoms with Crippen LogP contribution in [0.1, 0.15) is 30.1 Å². The Balaban J connectivity index is 2.65. The number of carboxylic acids is 1. The summed E-state index contributed by atoms with van der Waals surface area (Å²) in [5.41, 5.74) is -0.0443. The third-order valence-electron chi connectivity index (χ3n) is 2.43. The van der Waals surface area contributed by atoms with Gasteiger partial charge < -0.3 is 20.6 Å². The van der Waals surface area contributed by atoms with Gasteiger partial charge >= 0.3 is 5.97 Å². The van der Waals surface area contributed by atoms with Crippen molar-refractivity contribution in [1.29, 1.82) is 0 Å². The van der Waals surface area contributed by atoms with Crippen LogP contribution in [0, 0.1) is 0 Å². The molecule has 0 aromatic heterocycles. The molecule has 0 saturated heterocycles. The van der Waals surface area contributed by atoms with Crippen LogP contribution < -0.4 is 5.32 Å². The van der Waals surface area contributed by atoms with Crippen molar-refractivity contribution in [1.82, 2.24) is 5.32 Å². The summed E-state index contributed by atoms with van der Waals surface area (Å²) in [4.78, 5) is 22.1. The number of nitrogens with one attached hydrogen (secondary N) is 1. The molecule has 0 aliphatic heterocycles. The van der Waals surface area contributed by atoms with Gasteiger partial charge in [0.25, 0.3) is 5.91 Å². The Labute approximate surface area is 104 Å². The van der Waals surface area contributed by atoms with E-state index in [0.29, 0.717) is 6.42 Å². The van der Waals surface area contributed by atoms with Crippen molar-refractivity contribution in [3.63, 3.8) is 0 Å². The molecule has 0 bridgehead atoms. The molecule has 6 heteroatoms. The summed E-state index contributed by atoms with van der Waals surface area (Å²) in [6.07, 6.45) is 0.244. The predicted molar refractivity (Wildman–Crippen MR) is 63.6 cm³/mol. The monoisotopic (exact) mass is 253 g/mol. The lowest BCUT2D eigenvalue weighted by Gasteiger charge is -2.13. The first-order chi connectivity index (χ1) is 8.41. The van der Waals surface area contributed by atoms with Gasteiger partial charge in [0.2, 0.25) is 0 Å². The van der Waals surface area contributed by atoms with Crippen LogP contribution in [-0.4, -0.2) is 33.2 Å². The lowest BCUT2D eigenvalue weighted by Crippen LogP contribution is -2.32. The summed E-state index contributed by atoms with van der Waals surface area (Å²) in [5.74, 6) is -2.35. The van der Waals surface area contributed by atoms with Crippen molar-refractivity contribution in [2.24, 2.45) is 0 Å². The van der Waals surface area contributed by atoms with Crippen molar-refractivity contribution in [2.45, 2.75) is 25.8 Å². The van der Waals surface area contributed by atoms with Gasteiger partial charge in [0.15, 0.2) is 11.5 Å². The third-order valence-corrected chi connectivity index (χ3v) is 2.43. The van der Waals surface area contributed by atoms with Crippen LogP contribution in [0.3, 0.4) is 0 Å². The van der Waals surface area contributed by atoms with E-state index in [2.05, 4.69) is 5.32 Å². The average molecular weight is 253 g/mol. The fraction of sp³-hybridized carbons (Fsp3) is 0.333. The first kappa shape index (κ1) is 13.8. The molecule has 0 saturated carbocycles. The van der Waals surface area contributed by atoms with E-state index < -0.39 is 17.6 Å². The van der Waals surface area contributed by atoms with Crippen molar-refractivity contribution in [2.75, 3.05) is 0 Å². The second-order valence-electron chi connectivity index (χ2n) is 3.98. The molecular formula is C12H15NO5. The van der Waals surface area contributed by atoms with Crippen LogP contribution in [0.2, 0.25) is 0 Å². The predicted octanol–water partition coefficient (Wildman–Crippen LogP) is 1.08. The number of hydrogen-bond acceptors (Lipinski definition) is 4. The Kier molecular flexibility index (Phi) is 4.53. The number of benzene rings is 1. The molecule has 0 aliphatic rings. The highest BCUT2D eigenvalue weighted by molar-refractivity contribution is 5.97. The van der Waals surface area contributed by atoms with Crippen LogP contribution in [0.4, 0.5) is 0 Å². The number of hydrogen-bond donors (Lipinski definition) is 4. The molecule has 6 nitrogen and oxygen atoms in total. The molecule has 4 N–H and O–H groups in total. The van der Waals surface area contributed by atoms with E-state index in [9.17, 15) is 19.8 Å². The fourth-order valence-electron chi connectivity index (χ4n) is 1.43. The van der Waals surface area contributed by atoms with E-state index in [4.69, 9.17) is 5.11 Å². The van der Waals surface area contributed by atoms with Gasteiger partial charge in [-0.25, -0.2) is 0 Å². The minimum atomic E-state index is -0.934. The van der Waals surface area contributed by atoms with Gasteiger partial charge in [-0.3, -0.25) is 9.59 Å². The zero-order valence-electron chi connectivity index (χ0n) is 9.88. The number of carboxylic acid groups (broad SMARTS) is 1. The van der Waals surface area contributed by atoms with Gasteiger partial charge in [0.1, 0.15) is 0 Å². The molecule has 0 fully saturated rings. The molecule has 0 radical (unpaired) electrons. The molecule has 98 valence electrons. The number of phenolic OH excluding ortho intramolecular Hbond substituents is 2. The van der Waals surface area contributed by atoms with Crippen LogP contribution in [0.25, 0.3) is 0 Å². The molecule has 18 heavy (non-hydrogen) atoms. The number of amides is 1. The molecule has 0 heterocycles. The Morgan fingerprint density at radius 3 is 2.61 bits per heavy atom. The van der Waals surface area contributed by atoms with Crippen molar-refractivity contribution in [3.05, 3.63) is 23.8 Å². The molecule has 1 aromatic rings. The van der Waals surface area contributed by atoms with Gasteiger partial charge in [0.05, 0.1) is 5.56 Å². The van der Waals surface area contributed by atoms with Gasteiger partial charge in [-0.05, 0) is 25.5 Å². The number of para-hydroxylation sites is 1. The number of rotatable bonds is 5. The Morgan fingerprint density at radius 2 is 2.00 bits per heavy atom. The van der Waals surface area contributed by atoms with E-state index in [-0.39, 0.29) is 23.8 Å². The quantitative estimate of drug-likeness (QED) is 0.587. The van der Waals surface area contributed by atoms with Crippen LogP contribution in [0.15, 0.2) is 18.2 Å². The van der Waals surface area contributed by atoms with Crippen molar-refractivity contribution in [3.8, 4) is 11.5 Å². The zero-order chi connectivity index (χ0) is 13.7. The maximum absolute atomic E-state index is 11.7. The van der Waals surface area contributed by atoms with Crippen LogP contribution in [-0.2, 0) is 4.79 Å². The number of carbonyl (C=O) groups is 2. The van der Waals surface area contributed by atoms with Crippen molar-refractivity contribution < 1.29 is 24.9 Å². The molecule has 0 aliphatic carbocycles. The highest BCUT2D eigenvalue weighted by atomic mass is 16.4. The Morgan fingerprint density at radius 1 is 1.33 bits per heavy atom. The highest BCUT2D eigenvalue weighted by Crippen LogP contribution is 2.28. The standard InChI is InChI=1S/C12H15NO5/c1-7(5-6-10(15)16)13-12(18)8-3-2-4-9(14)11(8)17/h2-4,7,14,17H,5-6H2,1H3,(H,13,18)(H,15,16). The number of phenols is 2. The summed E-state index contributed by atoms with van der Waals surface area (Å²) >= 11 is 0. The van der Waals surface area contributed by atoms with E-state index in [0.717, 1.165) is 0 Å². The SMILES string of the molecule is CC(CCC(=O)O)NC(=O)c1cccc(O)c1O. The normalized spacial score (nSPS) is 11.8. The van der Waals surface area contributed by atoms with E-state index in [1.54, 1.807) is 6.92 Å². The van der Waals surface area contributed by atoms with Gasteiger partial charge in [-0.2, -0.15) is 0 Å². The van der Waals surface area contributed by atoms with Gasteiger partial charge in [0, 0.05) is 12.5 Å². The zero-order valence-corrected chi connectivity index (χ0v) is 9.88. The molecule has 1 unspecified atom stereocenters. The first-order valence-electron chi connectivity index (χ1n) is 5.45. The summed E-state index contributed by atoms with van der Waals surface area (Å²) < 4.78 is 0. The summed E-state index contributed by atoms with van der Waals surface area (Å²) in [6, 6.07) is 3.73. The Hall–Kier alpha value is -2.24. The maximum atomic E-state index is 11.7. The minimum absolute atomic E-state index is 0.0443. The van der Waals surface area contributed by atoms with Gasteiger partial charge in [-0.15, -0.1) is 0 Å². The molecule has 1 rings (SSSR count). The number of aliphatic carboxylic acids is 1. The summed E-state index contributed by atoms with van der Waals surface area (Å²) in [5, 5.41) is 29.8. The second kappa shape index (κ2) is 5.90. The summed E-state index contributed by atoms with van der Waals surface area (Å²) in [6.45, 7) is 1.67. The van der Waals surface area contributed by atoms with E-state index >= 15 is 0 Å². The molecule has 1 amide bonds. The largest absolute Gasteiger partial charge is 0.504 e. The van der Waals surface area contributed by atoms with Crippen LogP contribution >= 0.6 is 0 Å². The summed E-state index contributed by atoms with van der Waals surface area (Å²) in [7, 11) is 0. The number of carbonyl (C=O) groups excluding carboxylic acids is 1. The first-order valence-corrected chi connectivity index (χ1v) is 5.45. The topological polar surface area (TPSA) is 107 Å². The van der Waals surface area contributed by atoms with Gasteiger partial charge in [-0.1, -0.05) is 6.07 Å². The fourth-order valence-corrected chi connectivity index (χ4v) is 1.43. The minimum Gasteiger partial charge on any atom is -0.504 e. The van der Waals surface area contributed by atoms with E-state index in [1.807, 2.05) is 0 Å². The molecular weight excluding hydrogens is 238 g/mol. The highest BCUT2D eigenvalue weighted by Gasteiger charge is 2.16. The van der Waals surface area contributed by atoms with E-state index in [1.165, 1.54) is 18.2 Å². The number of aromatic hydroxyl groups is 2. The molecule has 1 aromatic carbocycles. The lowest BCUT2D eigenvalue weighted by molar-refractivity contribution is -0.137. The third kappa shape index (κ3) is 3.65. The van der Waals surface area contributed by atoms with Crippen LogP contribution in [0.5, 0.6) is 11.5 Å². The Bertz CT molecular complexity index is 458. The smallest absolute Gasteiger partial charge is 0.303 e. The average Bonchev–Trinajstić information content (AvgIpc) is 2.30. The van der Waals surface area contributed by atoms with Crippen molar-refractivity contribution >= 4 is 11.9 Å². The molecule has 0 spiro atoms. The maximum Gasteiger partial charge on any atom is 0.303 e. The molecule has 1 atom stereocenters. The second-order valence-corrected chi connectivity index (χ2v) is 3.98. The lowest BCUT2D eigenvalue weighted by atomic mass is 10.1.